The molecule has 1 aliphatic rings. The predicted molar refractivity (Wildman–Crippen MR) is 64.1 cm³/mol. The molecule has 1 aromatic rings. The van der Waals surface area contributed by atoms with Gasteiger partial charge in [-0.15, -0.1) is 0 Å². The van der Waals surface area contributed by atoms with Crippen LogP contribution in [0.15, 0.2) is 18.3 Å². The van der Waals surface area contributed by atoms with Crippen molar-refractivity contribution in [3.63, 3.8) is 0 Å². The lowest BCUT2D eigenvalue weighted by molar-refractivity contribution is 0.630. The fourth-order valence-electron chi connectivity index (χ4n) is 1.73. The zero-order valence-corrected chi connectivity index (χ0v) is 10.0. The standard InChI is InChI=1S/C13H17N3/c1-12(2,3)16-11-5-4-10(8-15-11)13(9-14)6-7-13/h4-5,8H,6-7H2,1-3H3,(H,15,16). The Morgan fingerprint density at radius 2 is 2.06 bits per heavy atom. The number of anilines is 1. The van der Waals surface area contributed by atoms with E-state index in [4.69, 9.17) is 5.26 Å². The average molecular weight is 215 g/mol. The summed E-state index contributed by atoms with van der Waals surface area (Å²) in [5.74, 6) is 0.866. The molecule has 3 nitrogen and oxygen atoms in total. The van der Waals surface area contributed by atoms with E-state index in [0.29, 0.717) is 0 Å². The van der Waals surface area contributed by atoms with Gasteiger partial charge in [-0.3, -0.25) is 0 Å². The van der Waals surface area contributed by atoms with Crippen LogP contribution in [0.4, 0.5) is 5.82 Å². The molecule has 3 heteroatoms. The summed E-state index contributed by atoms with van der Waals surface area (Å²) >= 11 is 0. The maximum Gasteiger partial charge on any atom is 0.126 e. The zero-order valence-electron chi connectivity index (χ0n) is 10.0. The van der Waals surface area contributed by atoms with E-state index in [1.54, 1.807) is 0 Å². The van der Waals surface area contributed by atoms with Crippen LogP contribution in [0, 0.1) is 11.3 Å². The van der Waals surface area contributed by atoms with E-state index in [0.717, 1.165) is 24.2 Å². The Morgan fingerprint density at radius 3 is 2.44 bits per heavy atom. The number of rotatable bonds is 2. The molecular weight excluding hydrogens is 198 g/mol. The molecule has 1 heterocycles. The molecule has 1 aromatic heterocycles. The van der Waals surface area contributed by atoms with E-state index in [1.807, 2.05) is 18.3 Å². The first kappa shape index (κ1) is 10.9. The molecule has 1 N–H and O–H groups in total. The van der Waals surface area contributed by atoms with Crippen LogP contribution in [0.2, 0.25) is 0 Å². The summed E-state index contributed by atoms with van der Waals surface area (Å²) in [6.45, 7) is 6.29. The van der Waals surface area contributed by atoms with Gasteiger partial charge in [0.1, 0.15) is 5.82 Å². The molecule has 16 heavy (non-hydrogen) atoms. The van der Waals surface area contributed by atoms with Crippen LogP contribution in [-0.4, -0.2) is 10.5 Å². The molecular formula is C13H17N3. The van der Waals surface area contributed by atoms with E-state index in [1.165, 1.54) is 0 Å². The Kier molecular flexibility index (Phi) is 2.38. The fourth-order valence-corrected chi connectivity index (χ4v) is 1.73. The predicted octanol–water partition coefficient (Wildman–Crippen LogP) is 2.85. The molecule has 0 saturated heterocycles. The van der Waals surface area contributed by atoms with Crippen LogP contribution in [0.25, 0.3) is 0 Å². The van der Waals surface area contributed by atoms with Crippen molar-refractivity contribution in [2.45, 2.75) is 44.6 Å². The first-order chi connectivity index (χ1) is 7.45. The molecule has 0 amide bonds. The molecule has 0 atom stereocenters. The Bertz CT molecular complexity index is 416. The van der Waals surface area contributed by atoms with E-state index < -0.39 is 0 Å². The van der Waals surface area contributed by atoms with Crippen molar-refractivity contribution < 1.29 is 0 Å². The smallest absolute Gasteiger partial charge is 0.126 e. The van der Waals surface area contributed by atoms with E-state index in [2.05, 4.69) is 37.1 Å². The Labute approximate surface area is 96.5 Å². The number of hydrogen-bond acceptors (Lipinski definition) is 3. The third-order valence-electron chi connectivity index (χ3n) is 2.78. The van der Waals surface area contributed by atoms with Crippen molar-refractivity contribution in [1.29, 1.82) is 5.26 Å². The van der Waals surface area contributed by atoms with E-state index in [9.17, 15) is 0 Å². The summed E-state index contributed by atoms with van der Waals surface area (Å²) in [5, 5.41) is 12.4. The summed E-state index contributed by atoms with van der Waals surface area (Å²) in [5.41, 5.74) is 0.836. The van der Waals surface area contributed by atoms with Crippen LogP contribution in [0.3, 0.4) is 0 Å². The minimum Gasteiger partial charge on any atom is -0.365 e. The third kappa shape index (κ3) is 2.16. The second kappa shape index (κ2) is 3.48. The van der Waals surface area contributed by atoms with Gasteiger partial charge in [0.05, 0.1) is 11.5 Å². The monoisotopic (exact) mass is 215 g/mol. The lowest BCUT2D eigenvalue weighted by atomic mass is 10.00. The number of nitrogens with zero attached hydrogens (tertiary/aromatic N) is 2. The lowest BCUT2D eigenvalue weighted by Crippen LogP contribution is -2.26. The van der Waals surface area contributed by atoms with Gasteiger partial charge in [-0.05, 0) is 45.2 Å². The van der Waals surface area contributed by atoms with Crippen molar-refractivity contribution in [3.05, 3.63) is 23.9 Å². The van der Waals surface area contributed by atoms with Gasteiger partial charge in [0.15, 0.2) is 0 Å². The van der Waals surface area contributed by atoms with Crippen LogP contribution in [0.5, 0.6) is 0 Å². The second-order valence-electron chi connectivity index (χ2n) is 5.50. The van der Waals surface area contributed by atoms with Crippen LogP contribution in [-0.2, 0) is 5.41 Å². The quantitative estimate of drug-likeness (QED) is 0.825. The van der Waals surface area contributed by atoms with Gasteiger partial charge in [-0.2, -0.15) is 5.26 Å². The van der Waals surface area contributed by atoms with Crippen molar-refractivity contribution in [2.75, 3.05) is 5.32 Å². The number of aromatic nitrogens is 1. The molecule has 84 valence electrons. The largest absolute Gasteiger partial charge is 0.365 e. The van der Waals surface area contributed by atoms with Gasteiger partial charge < -0.3 is 5.32 Å². The molecule has 0 radical (unpaired) electrons. The summed E-state index contributed by atoms with van der Waals surface area (Å²) in [6.07, 6.45) is 3.76. The van der Waals surface area contributed by atoms with Gasteiger partial charge >= 0.3 is 0 Å². The van der Waals surface area contributed by atoms with Crippen LogP contribution < -0.4 is 5.32 Å². The SMILES string of the molecule is CC(C)(C)Nc1ccc(C2(C#N)CC2)cn1. The summed E-state index contributed by atoms with van der Waals surface area (Å²) in [7, 11) is 0. The molecule has 0 bridgehead atoms. The van der Waals surface area contributed by atoms with Crippen molar-refractivity contribution in [1.82, 2.24) is 4.98 Å². The number of hydrogen-bond donors (Lipinski definition) is 1. The molecule has 1 saturated carbocycles. The number of nitriles is 1. The molecule has 0 aromatic carbocycles. The Morgan fingerprint density at radius 1 is 1.38 bits per heavy atom. The highest BCUT2D eigenvalue weighted by Gasteiger charge is 2.45. The third-order valence-corrected chi connectivity index (χ3v) is 2.78. The van der Waals surface area contributed by atoms with Gasteiger partial charge in [0, 0.05) is 11.7 Å². The van der Waals surface area contributed by atoms with E-state index in [-0.39, 0.29) is 11.0 Å². The van der Waals surface area contributed by atoms with Crippen LogP contribution in [0.1, 0.15) is 39.2 Å². The van der Waals surface area contributed by atoms with Gasteiger partial charge in [-0.1, -0.05) is 6.07 Å². The highest BCUT2D eigenvalue weighted by molar-refractivity contribution is 5.43. The molecule has 0 spiro atoms. The normalized spacial score (nSPS) is 17.6. The lowest BCUT2D eigenvalue weighted by Gasteiger charge is -2.21. The highest BCUT2D eigenvalue weighted by Crippen LogP contribution is 2.47. The summed E-state index contributed by atoms with van der Waals surface area (Å²) in [6, 6.07) is 6.34. The topological polar surface area (TPSA) is 48.7 Å². The molecule has 1 fully saturated rings. The average Bonchev–Trinajstić information content (AvgIpc) is 2.97. The first-order valence-corrected chi connectivity index (χ1v) is 5.61. The molecule has 0 aliphatic heterocycles. The second-order valence-corrected chi connectivity index (χ2v) is 5.50. The van der Waals surface area contributed by atoms with Gasteiger partial charge in [-0.25, -0.2) is 4.98 Å². The first-order valence-electron chi connectivity index (χ1n) is 5.61. The van der Waals surface area contributed by atoms with Gasteiger partial charge in [0.25, 0.3) is 0 Å². The Balaban J connectivity index is 2.15. The fraction of sp³-hybridized carbons (Fsp3) is 0.538. The minimum absolute atomic E-state index is 0.0149. The summed E-state index contributed by atoms with van der Waals surface area (Å²) in [4.78, 5) is 4.36. The maximum absolute atomic E-state index is 9.07. The zero-order chi connectivity index (χ0) is 11.8. The molecule has 1 aliphatic carbocycles. The number of nitrogens with one attached hydrogen (secondary N) is 1. The molecule has 2 rings (SSSR count). The van der Waals surface area contributed by atoms with Crippen molar-refractivity contribution >= 4 is 5.82 Å². The minimum atomic E-state index is -0.229. The van der Waals surface area contributed by atoms with Crippen molar-refractivity contribution in [2.24, 2.45) is 0 Å². The summed E-state index contributed by atoms with van der Waals surface area (Å²) < 4.78 is 0. The highest BCUT2D eigenvalue weighted by atomic mass is 15.0. The number of pyridine rings is 1. The maximum atomic E-state index is 9.07. The Hall–Kier alpha value is -1.56. The van der Waals surface area contributed by atoms with Crippen molar-refractivity contribution in [3.8, 4) is 6.07 Å². The molecule has 0 unspecified atom stereocenters. The van der Waals surface area contributed by atoms with Gasteiger partial charge in [0.2, 0.25) is 0 Å². The van der Waals surface area contributed by atoms with Crippen LogP contribution >= 0.6 is 0 Å². The van der Waals surface area contributed by atoms with E-state index >= 15 is 0 Å².